The van der Waals surface area contributed by atoms with Crippen molar-refractivity contribution in [3.63, 3.8) is 0 Å². The fraction of sp³-hybridized carbons (Fsp3) is 0.917. The minimum Gasteiger partial charge on any atom is -0.481 e. The van der Waals surface area contributed by atoms with Gasteiger partial charge in [0.25, 0.3) is 0 Å². The molecule has 0 saturated carbocycles. The summed E-state index contributed by atoms with van der Waals surface area (Å²) in [6, 6.07) is 0. The van der Waals surface area contributed by atoms with Gasteiger partial charge in [0.15, 0.2) is 0 Å². The molecule has 0 bridgehead atoms. The molecule has 0 rings (SSSR count). The summed E-state index contributed by atoms with van der Waals surface area (Å²) in [6.45, 7) is 4.27. The maximum absolute atomic E-state index is 10.3. The van der Waals surface area contributed by atoms with Crippen LogP contribution in [0, 0.1) is 0 Å². The largest absolute Gasteiger partial charge is 0.481 e. The summed E-state index contributed by atoms with van der Waals surface area (Å²) < 4.78 is 0. The van der Waals surface area contributed by atoms with Crippen molar-refractivity contribution in [1.29, 1.82) is 0 Å². The van der Waals surface area contributed by atoms with Gasteiger partial charge < -0.3 is 15.3 Å². The molecule has 29 heavy (non-hydrogen) atoms. The Morgan fingerprint density at radius 3 is 1.28 bits per heavy atom. The average Bonchev–Trinajstić information content (AvgIpc) is 2.67. The van der Waals surface area contributed by atoms with Crippen LogP contribution in [0.2, 0.25) is 0 Å². The number of unbranched alkanes of at least 4 members (excludes halogenated alkanes) is 12. The van der Waals surface area contributed by atoms with E-state index < -0.39 is 11.9 Å². The lowest BCUT2D eigenvalue weighted by molar-refractivity contribution is -0.138. The van der Waals surface area contributed by atoms with E-state index >= 15 is 0 Å². The van der Waals surface area contributed by atoms with Crippen LogP contribution >= 0.6 is 0 Å². The lowest BCUT2D eigenvalue weighted by Gasteiger charge is -2.10. The molecule has 0 amide bonds. The molecule has 0 aromatic carbocycles. The van der Waals surface area contributed by atoms with Crippen LogP contribution in [0.3, 0.4) is 0 Å². The quantitative estimate of drug-likeness (QED) is 0.187. The zero-order valence-corrected chi connectivity index (χ0v) is 19.2. The fourth-order valence-corrected chi connectivity index (χ4v) is 3.19. The van der Waals surface area contributed by atoms with Gasteiger partial charge in [0.2, 0.25) is 0 Å². The van der Waals surface area contributed by atoms with Crippen LogP contribution in [-0.2, 0) is 9.59 Å². The predicted octanol–water partition coefficient (Wildman–Crippen LogP) is 6.95. The third kappa shape index (κ3) is 31.8. The number of aliphatic carboxylic acids is 2. The molecule has 5 heteroatoms. The Labute approximate surface area is 179 Å². The second-order valence-electron chi connectivity index (χ2n) is 8.11. The zero-order chi connectivity index (χ0) is 22.2. The van der Waals surface area contributed by atoms with Gasteiger partial charge in [-0.2, -0.15) is 0 Å². The number of hydrogen-bond acceptors (Lipinski definition) is 3. The Morgan fingerprint density at radius 1 is 0.552 bits per heavy atom. The van der Waals surface area contributed by atoms with E-state index in [1.807, 2.05) is 0 Å². The van der Waals surface area contributed by atoms with Crippen LogP contribution in [0.5, 0.6) is 0 Å². The van der Waals surface area contributed by atoms with Crippen molar-refractivity contribution < 1.29 is 24.9 Å². The second kappa shape index (κ2) is 24.9. The number of rotatable bonds is 20. The summed E-state index contributed by atoms with van der Waals surface area (Å²) in [4.78, 5) is 20.2. The Bertz CT molecular complexity index is 357. The van der Waals surface area contributed by atoms with E-state index in [1.165, 1.54) is 51.4 Å². The van der Waals surface area contributed by atoms with Crippen LogP contribution in [0.4, 0.5) is 0 Å². The molecule has 174 valence electrons. The lowest BCUT2D eigenvalue weighted by Crippen LogP contribution is -2.05. The Morgan fingerprint density at radius 2 is 0.862 bits per heavy atom. The van der Waals surface area contributed by atoms with Crippen molar-refractivity contribution >= 4 is 11.9 Å². The molecule has 1 unspecified atom stereocenters. The standard InChI is InChI=1S/C18H36O3.C6H12O2/c1-2-3-4-11-14-17(19)15-12-9-7-5-6-8-10-13-16-18(20)21;1-2-3-4-5-6(7)8/h17,19H,2-16H2,1H3,(H,20,21);2-5H2,1H3,(H,7,8). The zero-order valence-electron chi connectivity index (χ0n) is 19.2. The number of hydrogen-bond donors (Lipinski definition) is 3. The summed E-state index contributed by atoms with van der Waals surface area (Å²) in [6.07, 6.45) is 19.5. The summed E-state index contributed by atoms with van der Waals surface area (Å²) in [5.74, 6) is -1.36. The molecule has 0 aliphatic carbocycles. The molecule has 1 atom stereocenters. The van der Waals surface area contributed by atoms with Crippen LogP contribution in [0.25, 0.3) is 0 Å². The van der Waals surface area contributed by atoms with Crippen molar-refractivity contribution in [2.24, 2.45) is 0 Å². The summed E-state index contributed by atoms with van der Waals surface area (Å²) in [5.41, 5.74) is 0. The average molecular weight is 417 g/mol. The van der Waals surface area contributed by atoms with Gasteiger partial charge in [-0.15, -0.1) is 0 Å². The van der Waals surface area contributed by atoms with Crippen LogP contribution < -0.4 is 0 Å². The first kappa shape index (κ1) is 30.1. The van der Waals surface area contributed by atoms with Gasteiger partial charge in [-0.25, -0.2) is 0 Å². The van der Waals surface area contributed by atoms with Crippen molar-refractivity contribution in [1.82, 2.24) is 0 Å². The SMILES string of the molecule is CCCCCC(=O)O.CCCCCCC(O)CCCCCCCCCCC(=O)O. The van der Waals surface area contributed by atoms with Gasteiger partial charge in [0.05, 0.1) is 6.10 Å². The smallest absolute Gasteiger partial charge is 0.303 e. The molecular formula is C24H48O5. The molecule has 0 aromatic heterocycles. The Balaban J connectivity index is 0. The summed E-state index contributed by atoms with van der Waals surface area (Å²) in [7, 11) is 0. The molecule has 3 N–H and O–H groups in total. The van der Waals surface area contributed by atoms with Gasteiger partial charge in [-0.3, -0.25) is 9.59 Å². The predicted molar refractivity (Wildman–Crippen MR) is 120 cm³/mol. The lowest BCUT2D eigenvalue weighted by atomic mass is 10.0. The molecule has 0 aliphatic heterocycles. The number of carbonyl (C=O) groups is 2. The third-order valence-corrected chi connectivity index (χ3v) is 5.06. The highest BCUT2D eigenvalue weighted by atomic mass is 16.4. The summed E-state index contributed by atoms with van der Waals surface area (Å²) in [5, 5.41) is 26.5. The first-order valence-electron chi connectivity index (χ1n) is 12.1. The highest BCUT2D eigenvalue weighted by Gasteiger charge is 2.03. The van der Waals surface area contributed by atoms with Crippen LogP contribution in [-0.4, -0.2) is 33.4 Å². The number of carboxylic acid groups (broad SMARTS) is 2. The van der Waals surface area contributed by atoms with Gasteiger partial charge >= 0.3 is 11.9 Å². The fourth-order valence-electron chi connectivity index (χ4n) is 3.19. The van der Waals surface area contributed by atoms with E-state index in [4.69, 9.17) is 10.2 Å². The molecule has 0 aromatic rings. The van der Waals surface area contributed by atoms with E-state index in [-0.39, 0.29) is 6.10 Å². The molecular weight excluding hydrogens is 368 g/mol. The highest BCUT2D eigenvalue weighted by Crippen LogP contribution is 2.14. The van der Waals surface area contributed by atoms with Crippen molar-refractivity contribution in [2.75, 3.05) is 0 Å². The van der Waals surface area contributed by atoms with E-state index in [2.05, 4.69) is 13.8 Å². The molecule has 0 saturated heterocycles. The third-order valence-electron chi connectivity index (χ3n) is 5.06. The first-order chi connectivity index (χ1) is 13.9. The minimum absolute atomic E-state index is 0.0853. The first-order valence-corrected chi connectivity index (χ1v) is 12.1. The molecule has 0 fully saturated rings. The van der Waals surface area contributed by atoms with Crippen molar-refractivity contribution in [2.45, 2.75) is 142 Å². The maximum atomic E-state index is 10.3. The van der Waals surface area contributed by atoms with Gasteiger partial charge in [-0.1, -0.05) is 97.3 Å². The van der Waals surface area contributed by atoms with E-state index in [1.54, 1.807) is 0 Å². The minimum atomic E-state index is -0.682. The monoisotopic (exact) mass is 416 g/mol. The molecule has 0 aliphatic rings. The second-order valence-corrected chi connectivity index (χ2v) is 8.11. The van der Waals surface area contributed by atoms with E-state index in [0.717, 1.165) is 57.8 Å². The Hall–Kier alpha value is -1.10. The maximum Gasteiger partial charge on any atom is 0.303 e. The Kier molecular flexibility index (Phi) is 25.9. The molecule has 0 heterocycles. The van der Waals surface area contributed by atoms with Crippen molar-refractivity contribution in [3.05, 3.63) is 0 Å². The van der Waals surface area contributed by atoms with Gasteiger partial charge in [0, 0.05) is 12.8 Å². The molecule has 0 spiro atoms. The summed E-state index contributed by atoms with van der Waals surface area (Å²) >= 11 is 0. The van der Waals surface area contributed by atoms with E-state index in [0.29, 0.717) is 12.8 Å². The topological polar surface area (TPSA) is 94.8 Å². The number of aliphatic hydroxyl groups excluding tert-OH is 1. The number of carboxylic acids is 2. The van der Waals surface area contributed by atoms with Crippen LogP contribution in [0.15, 0.2) is 0 Å². The van der Waals surface area contributed by atoms with Crippen LogP contribution in [0.1, 0.15) is 136 Å². The number of aliphatic hydroxyl groups is 1. The normalized spacial score (nSPS) is 11.6. The van der Waals surface area contributed by atoms with Crippen molar-refractivity contribution in [3.8, 4) is 0 Å². The van der Waals surface area contributed by atoms with Gasteiger partial charge in [0.1, 0.15) is 0 Å². The van der Waals surface area contributed by atoms with E-state index in [9.17, 15) is 14.7 Å². The molecule has 5 nitrogen and oxygen atoms in total. The van der Waals surface area contributed by atoms with Gasteiger partial charge in [-0.05, 0) is 25.7 Å². The molecule has 0 radical (unpaired) electrons. The highest BCUT2D eigenvalue weighted by molar-refractivity contribution is 5.66.